The zero-order chi connectivity index (χ0) is 16.9. The third-order valence-electron chi connectivity index (χ3n) is 4.49. The third kappa shape index (κ3) is 3.89. The van der Waals surface area contributed by atoms with E-state index < -0.39 is 0 Å². The Morgan fingerprint density at radius 2 is 2.08 bits per heavy atom. The van der Waals surface area contributed by atoms with Crippen molar-refractivity contribution in [3.05, 3.63) is 53.9 Å². The van der Waals surface area contributed by atoms with E-state index in [1.54, 1.807) is 13.1 Å². The third-order valence-corrected chi connectivity index (χ3v) is 4.49. The topological polar surface area (TPSA) is 76.0 Å². The van der Waals surface area contributed by atoms with E-state index in [1.165, 1.54) is 0 Å². The predicted molar refractivity (Wildman–Crippen MR) is 90.2 cm³/mol. The molecule has 1 fully saturated rings. The predicted octanol–water partition coefficient (Wildman–Crippen LogP) is 1.11. The van der Waals surface area contributed by atoms with Gasteiger partial charge in [-0.05, 0) is 30.5 Å². The lowest BCUT2D eigenvalue weighted by molar-refractivity contribution is -0.123. The standard InChI is InChI=1S/C18H22N4O2/c1-13(23)16-9-17(19-11-16)18(24)20-10-14-5-2-3-6-15(14)12-22-8-4-7-21-22/h2-8,16-17,19H,9-12H2,1H3,(H,20,24). The van der Waals surface area contributed by atoms with E-state index in [9.17, 15) is 9.59 Å². The van der Waals surface area contributed by atoms with E-state index >= 15 is 0 Å². The van der Waals surface area contributed by atoms with Gasteiger partial charge >= 0.3 is 0 Å². The first-order valence-electron chi connectivity index (χ1n) is 8.19. The van der Waals surface area contributed by atoms with Crippen LogP contribution in [-0.2, 0) is 22.7 Å². The molecule has 1 aromatic heterocycles. The summed E-state index contributed by atoms with van der Waals surface area (Å²) in [7, 11) is 0. The molecule has 0 bridgehead atoms. The lowest BCUT2D eigenvalue weighted by Crippen LogP contribution is -2.40. The molecule has 1 aliphatic rings. The summed E-state index contributed by atoms with van der Waals surface area (Å²) in [5.74, 6) is 0.0443. The first kappa shape index (κ1) is 16.4. The highest BCUT2D eigenvalue weighted by Crippen LogP contribution is 2.15. The molecule has 3 rings (SSSR count). The molecular formula is C18H22N4O2. The quantitative estimate of drug-likeness (QED) is 0.834. The first-order valence-corrected chi connectivity index (χ1v) is 8.19. The molecule has 2 N–H and O–H groups in total. The van der Waals surface area contributed by atoms with Gasteiger partial charge in [0.1, 0.15) is 5.78 Å². The van der Waals surface area contributed by atoms with Crippen LogP contribution in [0, 0.1) is 5.92 Å². The highest BCUT2D eigenvalue weighted by atomic mass is 16.2. The number of hydrogen-bond acceptors (Lipinski definition) is 4. The number of rotatable bonds is 6. The monoisotopic (exact) mass is 326 g/mol. The number of carbonyl (C=O) groups is 2. The molecule has 0 radical (unpaired) electrons. The van der Waals surface area contributed by atoms with Crippen molar-refractivity contribution in [3.63, 3.8) is 0 Å². The van der Waals surface area contributed by atoms with E-state index in [-0.39, 0.29) is 23.7 Å². The molecule has 2 aromatic rings. The summed E-state index contributed by atoms with van der Waals surface area (Å²) in [6.45, 7) is 3.31. The van der Waals surface area contributed by atoms with E-state index in [0.717, 1.165) is 11.1 Å². The molecule has 1 aliphatic heterocycles. The maximum Gasteiger partial charge on any atom is 0.237 e. The largest absolute Gasteiger partial charge is 0.351 e. The average Bonchev–Trinajstić information content (AvgIpc) is 3.25. The molecule has 0 saturated carbocycles. The van der Waals surface area contributed by atoms with Gasteiger partial charge < -0.3 is 10.6 Å². The van der Waals surface area contributed by atoms with Gasteiger partial charge in [0.2, 0.25) is 5.91 Å². The lowest BCUT2D eigenvalue weighted by atomic mass is 10.0. The fourth-order valence-corrected chi connectivity index (χ4v) is 3.00. The summed E-state index contributed by atoms with van der Waals surface area (Å²) in [5.41, 5.74) is 2.20. The van der Waals surface area contributed by atoms with Gasteiger partial charge in [-0.25, -0.2) is 0 Å². The minimum atomic E-state index is -0.280. The van der Waals surface area contributed by atoms with Crippen LogP contribution in [0.25, 0.3) is 0 Å². The zero-order valence-corrected chi connectivity index (χ0v) is 13.7. The van der Waals surface area contributed by atoms with Gasteiger partial charge in [0.25, 0.3) is 0 Å². The Hall–Kier alpha value is -2.47. The average molecular weight is 326 g/mol. The van der Waals surface area contributed by atoms with Gasteiger partial charge in [-0.2, -0.15) is 5.10 Å². The number of nitrogens with zero attached hydrogens (tertiary/aromatic N) is 2. The molecule has 2 unspecified atom stereocenters. The second-order valence-electron chi connectivity index (χ2n) is 6.19. The molecule has 6 heteroatoms. The Bertz CT molecular complexity index is 712. The number of Topliss-reactive ketones (excluding diaryl/α,β-unsaturated/α-hetero) is 1. The molecule has 6 nitrogen and oxygen atoms in total. The molecule has 1 amide bonds. The molecule has 1 saturated heterocycles. The van der Waals surface area contributed by atoms with Crippen molar-refractivity contribution >= 4 is 11.7 Å². The molecule has 2 heterocycles. The van der Waals surface area contributed by atoms with Crippen LogP contribution in [0.5, 0.6) is 0 Å². The number of carbonyl (C=O) groups excluding carboxylic acids is 2. The van der Waals surface area contributed by atoms with Crippen molar-refractivity contribution in [3.8, 4) is 0 Å². The fraction of sp³-hybridized carbons (Fsp3) is 0.389. The number of amides is 1. The summed E-state index contributed by atoms with van der Waals surface area (Å²) in [5, 5.41) is 10.3. The summed E-state index contributed by atoms with van der Waals surface area (Å²) < 4.78 is 1.86. The van der Waals surface area contributed by atoms with Crippen molar-refractivity contribution in [2.24, 2.45) is 5.92 Å². The van der Waals surface area contributed by atoms with Crippen molar-refractivity contribution in [2.45, 2.75) is 32.5 Å². The Morgan fingerprint density at radius 3 is 2.75 bits per heavy atom. The number of aromatic nitrogens is 2. The SMILES string of the molecule is CC(=O)C1CNC(C(=O)NCc2ccccc2Cn2cccn2)C1. The Morgan fingerprint density at radius 1 is 1.29 bits per heavy atom. The second-order valence-corrected chi connectivity index (χ2v) is 6.19. The van der Waals surface area contributed by atoms with Crippen LogP contribution in [0.3, 0.4) is 0 Å². The highest BCUT2D eigenvalue weighted by molar-refractivity contribution is 5.85. The molecule has 1 aromatic carbocycles. The minimum Gasteiger partial charge on any atom is -0.351 e. The van der Waals surface area contributed by atoms with Crippen LogP contribution in [0.2, 0.25) is 0 Å². The van der Waals surface area contributed by atoms with Gasteiger partial charge in [0.15, 0.2) is 0 Å². The normalized spacial score (nSPS) is 20.0. The van der Waals surface area contributed by atoms with Gasteiger partial charge in [-0.15, -0.1) is 0 Å². The van der Waals surface area contributed by atoms with Crippen molar-refractivity contribution in [2.75, 3.05) is 6.54 Å². The summed E-state index contributed by atoms with van der Waals surface area (Å²) >= 11 is 0. The molecule has 24 heavy (non-hydrogen) atoms. The molecule has 2 atom stereocenters. The van der Waals surface area contributed by atoms with Gasteiger partial charge in [0.05, 0.1) is 12.6 Å². The van der Waals surface area contributed by atoms with Gasteiger partial charge in [-0.3, -0.25) is 14.3 Å². The second kappa shape index (κ2) is 7.40. The smallest absolute Gasteiger partial charge is 0.237 e. The first-order chi connectivity index (χ1) is 11.6. The Labute approximate surface area is 141 Å². The van der Waals surface area contributed by atoms with Crippen LogP contribution < -0.4 is 10.6 Å². The van der Waals surface area contributed by atoms with E-state index in [2.05, 4.69) is 15.7 Å². The van der Waals surface area contributed by atoms with Gasteiger partial charge in [-0.1, -0.05) is 24.3 Å². The van der Waals surface area contributed by atoms with E-state index in [0.29, 0.717) is 26.1 Å². The number of ketones is 1. The number of nitrogens with one attached hydrogen (secondary N) is 2. The Balaban J connectivity index is 1.59. The van der Waals surface area contributed by atoms with E-state index in [4.69, 9.17) is 0 Å². The van der Waals surface area contributed by atoms with Crippen LogP contribution in [0.1, 0.15) is 24.5 Å². The molecule has 0 aliphatic carbocycles. The maximum atomic E-state index is 12.3. The van der Waals surface area contributed by atoms with E-state index in [1.807, 2.05) is 41.2 Å². The molecule has 0 spiro atoms. The summed E-state index contributed by atoms with van der Waals surface area (Å²) in [4.78, 5) is 23.7. The van der Waals surface area contributed by atoms with Crippen LogP contribution in [-0.4, -0.2) is 34.1 Å². The van der Waals surface area contributed by atoms with Gasteiger partial charge in [0, 0.05) is 31.4 Å². The van der Waals surface area contributed by atoms with Crippen molar-refractivity contribution in [1.29, 1.82) is 0 Å². The fourth-order valence-electron chi connectivity index (χ4n) is 3.00. The molecule has 126 valence electrons. The summed E-state index contributed by atoms with van der Waals surface area (Å²) in [6.07, 6.45) is 4.25. The van der Waals surface area contributed by atoms with Crippen LogP contribution in [0.4, 0.5) is 0 Å². The van der Waals surface area contributed by atoms with Crippen LogP contribution >= 0.6 is 0 Å². The van der Waals surface area contributed by atoms with Crippen molar-refractivity contribution in [1.82, 2.24) is 20.4 Å². The number of hydrogen-bond donors (Lipinski definition) is 2. The summed E-state index contributed by atoms with van der Waals surface area (Å²) in [6, 6.07) is 9.62. The number of benzene rings is 1. The Kier molecular flexibility index (Phi) is 5.05. The zero-order valence-electron chi connectivity index (χ0n) is 13.7. The van der Waals surface area contributed by atoms with Crippen molar-refractivity contribution < 1.29 is 9.59 Å². The minimum absolute atomic E-state index is 0.0483. The molecular weight excluding hydrogens is 304 g/mol. The maximum absolute atomic E-state index is 12.3. The lowest BCUT2D eigenvalue weighted by Gasteiger charge is -2.14. The highest BCUT2D eigenvalue weighted by Gasteiger charge is 2.31. The van der Waals surface area contributed by atoms with Crippen LogP contribution in [0.15, 0.2) is 42.7 Å².